The molecular weight excluding hydrogens is 281 g/mol. The molecule has 108 valence electrons. The molecule has 1 aromatic carbocycles. The van der Waals surface area contributed by atoms with Gasteiger partial charge in [-0.05, 0) is 50.3 Å². The van der Waals surface area contributed by atoms with E-state index in [0.29, 0.717) is 29.1 Å². The predicted molar refractivity (Wildman–Crippen MR) is 83.6 cm³/mol. The van der Waals surface area contributed by atoms with Gasteiger partial charge in [-0.25, -0.2) is 0 Å². The minimum atomic E-state index is 0.395. The van der Waals surface area contributed by atoms with E-state index in [9.17, 15) is 0 Å². The summed E-state index contributed by atoms with van der Waals surface area (Å²) in [6, 6.07) is 3.72. The summed E-state index contributed by atoms with van der Waals surface area (Å²) in [5, 5.41) is 1.26. The van der Waals surface area contributed by atoms with Crippen molar-refractivity contribution < 1.29 is 4.74 Å². The fourth-order valence-corrected chi connectivity index (χ4v) is 2.75. The number of halogens is 2. The SMILES string of the molecule is CCCOc1c(Cl)cc(Cl)cc1C(CC)CCCN. The van der Waals surface area contributed by atoms with Crippen LogP contribution in [0.5, 0.6) is 5.75 Å². The number of nitrogens with two attached hydrogens (primary N) is 1. The highest BCUT2D eigenvalue weighted by Gasteiger charge is 2.18. The van der Waals surface area contributed by atoms with Crippen LogP contribution in [0.4, 0.5) is 0 Å². The number of benzene rings is 1. The van der Waals surface area contributed by atoms with Gasteiger partial charge in [0.1, 0.15) is 5.75 Å². The third-order valence-electron chi connectivity index (χ3n) is 3.18. The monoisotopic (exact) mass is 303 g/mol. The van der Waals surface area contributed by atoms with Gasteiger partial charge in [-0.15, -0.1) is 0 Å². The Morgan fingerprint density at radius 1 is 1.26 bits per heavy atom. The second-order valence-electron chi connectivity index (χ2n) is 4.69. The first-order valence-corrected chi connectivity index (χ1v) is 7.71. The van der Waals surface area contributed by atoms with Gasteiger partial charge in [0.15, 0.2) is 0 Å². The molecule has 0 spiro atoms. The molecule has 0 bridgehead atoms. The molecule has 1 rings (SSSR count). The molecule has 1 aromatic rings. The molecule has 0 saturated carbocycles. The Kier molecular flexibility index (Phi) is 7.59. The molecule has 4 heteroatoms. The minimum absolute atomic E-state index is 0.395. The number of rotatable bonds is 8. The fraction of sp³-hybridized carbons (Fsp3) is 0.600. The maximum absolute atomic E-state index is 6.27. The van der Waals surface area contributed by atoms with Crippen LogP contribution in [-0.2, 0) is 0 Å². The van der Waals surface area contributed by atoms with Crippen molar-refractivity contribution in [1.82, 2.24) is 0 Å². The second-order valence-corrected chi connectivity index (χ2v) is 5.53. The first-order chi connectivity index (χ1) is 9.13. The lowest BCUT2D eigenvalue weighted by atomic mass is 9.91. The van der Waals surface area contributed by atoms with E-state index < -0.39 is 0 Å². The van der Waals surface area contributed by atoms with E-state index in [1.54, 1.807) is 6.07 Å². The maximum Gasteiger partial charge on any atom is 0.141 e. The van der Waals surface area contributed by atoms with Crippen molar-refractivity contribution in [2.45, 2.75) is 45.4 Å². The fourth-order valence-electron chi connectivity index (χ4n) is 2.18. The molecule has 0 aromatic heterocycles. The number of hydrogen-bond acceptors (Lipinski definition) is 2. The van der Waals surface area contributed by atoms with Crippen molar-refractivity contribution in [1.29, 1.82) is 0 Å². The Balaban J connectivity index is 3.06. The van der Waals surface area contributed by atoms with Gasteiger partial charge in [-0.3, -0.25) is 0 Å². The smallest absolute Gasteiger partial charge is 0.141 e. The van der Waals surface area contributed by atoms with Crippen LogP contribution in [0, 0.1) is 0 Å². The van der Waals surface area contributed by atoms with Crippen LogP contribution < -0.4 is 10.5 Å². The van der Waals surface area contributed by atoms with Crippen LogP contribution in [0.3, 0.4) is 0 Å². The zero-order chi connectivity index (χ0) is 14.3. The van der Waals surface area contributed by atoms with Crippen LogP contribution in [0.1, 0.15) is 51.0 Å². The van der Waals surface area contributed by atoms with Gasteiger partial charge in [0.2, 0.25) is 0 Å². The van der Waals surface area contributed by atoms with Crippen LogP contribution in [0.15, 0.2) is 12.1 Å². The molecule has 2 N–H and O–H groups in total. The molecule has 0 amide bonds. The molecule has 0 saturated heterocycles. The largest absolute Gasteiger partial charge is 0.492 e. The van der Waals surface area contributed by atoms with E-state index in [2.05, 4.69) is 13.8 Å². The van der Waals surface area contributed by atoms with Gasteiger partial charge < -0.3 is 10.5 Å². The number of hydrogen-bond donors (Lipinski definition) is 1. The summed E-state index contributed by atoms with van der Waals surface area (Å²) in [6.45, 7) is 5.62. The minimum Gasteiger partial charge on any atom is -0.492 e. The molecule has 1 atom stereocenters. The molecule has 0 heterocycles. The summed E-state index contributed by atoms with van der Waals surface area (Å²) in [4.78, 5) is 0. The summed E-state index contributed by atoms with van der Waals surface area (Å²) < 4.78 is 5.81. The lowest BCUT2D eigenvalue weighted by molar-refractivity contribution is 0.311. The molecule has 0 aliphatic heterocycles. The normalized spacial score (nSPS) is 12.5. The van der Waals surface area contributed by atoms with Crippen LogP contribution in [-0.4, -0.2) is 13.2 Å². The van der Waals surface area contributed by atoms with E-state index in [1.165, 1.54) is 0 Å². The Morgan fingerprint density at radius 3 is 2.58 bits per heavy atom. The van der Waals surface area contributed by atoms with E-state index >= 15 is 0 Å². The van der Waals surface area contributed by atoms with Crippen molar-refractivity contribution in [2.24, 2.45) is 5.73 Å². The van der Waals surface area contributed by atoms with Crippen molar-refractivity contribution in [3.8, 4) is 5.75 Å². The Labute approximate surface area is 126 Å². The van der Waals surface area contributed by atoms with E-state index in [0.717, 1.165) is 37.0 Å². The molecule has 1 unspecified atom stereocenters. The average molecular weight is 304 g/mol. The molecule has 0 fully saturated rings. The topological polar surface area (TPSA) is 35.2 Å². The van der Waals surface area contributed by atoms with Gasteiger partial charge in [0, 0.05) is 10.6 Å². The van der Waals surface area contributed by atoms with Crippen molar-refractivity contribution in [3.05, 3.63) is 27.7 Å². The lowest BCUT2D eigenvalue weighted by Gasteiger charge is -2.20. The maximum atomic E-state index is 6.27. The Morgan fingerprint density at radius 2 is 2.00 bits per heavy atom. The third-order valence-corrected chi connectivity index (χ3v) is 3.68. The molecular formula is C15H23Cl2NO. The second kappa shape index (κ2) is 8.68. The Hall–Kier alpha value is -0.440. The van der Waals surface area contributed by atoms with Crippen LogP contribution in [0.2, 0.25) is 10.0 Å². The third kappa shape index (κ3) is 4.87. The van der Waals surface area contributed by atoms with Crippen molar-refractivity contribution in [2.75, 3.05) is 13.2 Å². The molecule has 0 radical (unpaired) electrons. The van der Waals surface area contributed by atoms with Gasteiger partial charge in [0.05, 0.1) is 11.6 Å². The zero-order valence-corrected chi connectivity index (χ0v) is 13.2. The lowest BCUT2D eigenvalue weighted by Crippen LogP contribution is -2.07. The first kappa shape index (κ1) is 16.6. The molecule has 0 aliphatic rings. The summed E-state index contributed by atoms with van der Waals surface area (Å²) >= 11 is 12.4. The number of ether oxygens (including phenoxy) is 1. The van der Waals surface area contributed by atoms with E-state index in [1.807, 2.05) is 6.07 Å². The zero-order valence-electron chi connectivity index (χ0n) is 11.7. The van der Waals surface area contributed by atoms with E-state index in [-0.39, 0.29) is 0 Å². The standard InChI is InChI=1S/C15H23Cl2NO/c1-3-8-19-15-13(9-12(16)10-14(15)17)11(4-2)6-5-7-18/h9-11H,3-8,18H2,1-2H3. The quantitative estimate of drug-likeness (QED) is 0.732. The molecule has 19 heavy (non-hydrogen) atoms. The van der Waals surface area contributed by atoms with Gasteiger partial charge in [-0.2, -0.15) is 0 Å². The highest BCUT2D eigenvalue weighted by Crippen LogP contribution is 2.39. The summed E-state index contributed by atoms with van der Waals surface area (Å²) in [5.41, 5.74) is 6.72. The first-order valence-electron chi connectivity index (χ1n) is 6.95. The average Bonchev–Trinajstić information content (AvgIpc) is 2.38. The highest BCUT2D eigenvalue weighted by atomic mass is 35.5. The van der Waals surface area contributed by atoms with Crippen molar-refractivity contribution in [3.63, 3.8) is 0 Å². The summed E-state index contributed by atoms with van der Waals surface area (Å²) in [7, 11) is 0. The summed E-state index contributed by atoms with van der Waals surface area (Å²) in [5.74, 6) is 1.18. The van der Waals surface area contributed by atoms with Crippen molar-refractivity contribution >= 4 is 23.2 Å². The van der Waals surface area contributed by atoms with Gasteiger partial charge in [0.25, 0.3) is 0 Å². The Bertz CT molecular complexity index is 396. The van der Waals surface area contributed by atoms with Crippen LogP contribution >= 0.6 is 23.2 Å². The summed E-state index contributed by atoms with van der Waals surface area (Å²) in [6.07, 6.45) is 4.01. The molecule has 0 aliphatic carbocycles. The predicted octanol–water partition coefficient (Wildman–Crippen LogP) is 5.01. The highest BCUT2D eigenvalue weighted by molar-refractivity contribution is 6.35. The molecule has 2 nitrogen and oxygen atoms in total. The van der Waals surface area contributed by atoms with Gasteiger partial charge >= 0.3 is 0 Å². The van der Waals surface area contributed by atoms with E-state index in [4.69, 9.17) is 33.7 Å². The van der Waals surface area contributed by atoms with Crippen LogP contribution in [0.25, 0.3) is 0 Å². The van der Waals surface area contributed by atoms with Gasteiger partial charge in [-0.1, -0.05) is 37.0 Å².